The highest BCUT2D eigenvalue weighted by Gasteiger charge is 2.37. The lowest BCUT2D eigenvalue weighted by Crippen LogP contribution is -2.29. The number of phenols is 1. The van der Waals surface area contributed by atoms with Crippen LogP contribution in [0.2, 0.25) is 0 Å². The molecule has 0 bridgehead atoms. The zero-order valence-corrected chi connectivity index (χ0v) is 14.9. The number of fused-ring (bicyclic) bond motifs is 3. The fraction of sp³-hybridized carbons (Fsp3) is 0.318. The molecule has 4 nitrogen and oxygen atoms in total. The summed E-state index contributed by atoms with van der Waals surface area (Å²) in [6.07, 6.45) is 6.95. The summed E-state index contributed by atoms with van der Waals surface area (Å²) in [5.41, 5.74) is 4.41. The van der Waals surface area contributed by atoms with E-state index in [9.17, 15) is 9.90 Å². The molecule has 3 unspecified atom stereocenters. The quantitative estimate of drug-likeness (QED) is 0.685. The number of allylic oxidation sites excluding steroid dienone is 2. The molecule has 0 fully saturated rings. The molecule has 4 heteroatoms. The van der Waals surface area contributed by atoms with Gasteiger partial charge in [-0.3, -0.25) is 4.79 Å². The molecule has 4 rings (SSSR count). The van der Waals surface area contributed by atoms with Gasteiger partial charge in [0.25, 0.3) is 0 Å². The second-order valence-electron chi connectivity index (χ2n) is 7.17. The molecular weight excluding hydrogens is 324 g/mol. The minimum absolute atomic E-state index is 0.0664. The van der Waals surface area contributed by atoms with Crippen molar-refractivity contribution in [1.29, 1.82) is 0 Å². The molecule has 0 saturated carbocycles. The van der Waals surface area contributed by atoms with Crippen LogP contribution >= 0.6 is 0 Å². The number of phenolic OH excluding ortho intramolecular Hbond substituents is 1. The van der Waals surface area contributed by atoms with E-state index in [-0.39, 0.29) is 11.9 Å². The molecular formula is C22H24N2O2. The maximum absolute atomic E-state index is 11.9. The minimum atomic E-state index is 0.0664. The number of hydrogen-bond donors (Lipinski definition) is 3. The lowest BCUT2D eigenvalue weighted by molar-refractivity contribution is -0.116. The van der Waals surface area contributed by atoms with E-state index in [1.54, 1.807) is 12.1 Å². The Morgan fingerprint density at radius 2 is 2.04 bits per heavy atom. The maximum Gasteiger partial charge on any atom is 0.224 e. The smallest absolute Gasteiger partial charge is 0.224 e. The van der Waals surface area contributed by atoms with Gasteiger partial charge in [-0.25, -0.2) is 0 Å². The standard InChI is InChI=1S/C22H24N2O2/c1-2-4-21(26)23-15-9-12-20-19(13-15)17-5-3-6-18(17)22(24-20)14-7-10-16(25)11-8-14/h3,5,7-13,17-18,22,24-25H,2,4,6H2,1H3,(H,23,26). The molecule has 26 heavy (non-hydrogen) atoms. The molecule has 1 heterocycles. The van der Waals surface area contributed by atoms with E-state index in [0.29, 0.717) is 24.0 Å². The summed E-state index contributed by atoms with van der Waals surface area (Å²) in [5.74, 6) is 1.14. The first-order valence-corrected chi connectivity index (χ1v) is 9.31. The second kappa shape index (κ2) is 6.87. The average Bonchev–Trinajstić information content (AvgIpc) is 3.12. The number of carbonyl (C=O) groups is 1. The molecule has 3 N–H and O–H groups in total. The highest BCUT2D eigenvalue weighted by Crippen LogP contribution is 2.50. The predicted molar refractivity (Wildman–Crippen MR) is 104 cm³/mol. The van der Waals surface area contributed by atoms with Crippen LogP contribution in [0.4, 0.5) is 11.4 Å². The van der Waals surface area contributed by atoms with Crippen molar-refractivity contribution in [2.75, 3.05) is 10.6 Å². The van der Waals surface area contributed by atoms with Gasteiger partial charge in [0.15, 0.2) is 0 Å². The Morgan fingerprint density at radius 3 is 2.81 bits per heavy atom. The fourth-order valence-electron chi connectivity index (χ4n) is 4.13. The first-order chi connectivity index (χ1) is 12.7. The van der Waals surface area contributed by atoms with Crippen LogP contribution in [0.25, 0.3) is 0 Å². The molecule has 2 aromatic carbocycles. The molecule has 1 aliphatic carbocycles. The van der Waals surface area contributed by atoms with E-state index in [2.05, 4.69) is 34.9 Å². The number of aromatic hydroxyl groups is 1. The van der Waals surface area contributed by atoms with Gasteiger partial charge >= 0.3 is 0 Å². The van der Waals surface area contributed by atoms with Crippen LogP contribution in [-0.2, 0) is 4.79 Å². The Labute approximate surface area is 153 Å². The normalized spacial score (nSPS) is 23.0. The van der Waals surface area contributed by atoms with Crippen molar-refractivity contribution in [2.45, 2.75) is 38.1 Å². The van der Waals surface area contributed by atoms with Gasteiger partial charge in [-0.2, -0.15) is 0 Å². The SMILES string of the molecule is CCCC(=O)Nc1ccc2c(c1)C1C=CCC1C(c1ccc(O)cc1)N2. The van der Waals surface area contributed by atoms with Gasteiger partial charge in [0.2, 0.25) is 5.91 Å². The Hall–Kier alpha value is -2.75. The number of rotatable bonds is 4. The highest BCUT2D eigenvalue weighted by atomic mass is 16.3. The van der Waals surface area contributed by atoms with Crippen LogP contribution in [-0.4, -0.2) is 11.0 Å². The van der Waals surface area contributed by atoms with Crippen molar-refractivity contribution >= 4 is 17.3 Å². The molecule has 2 aromatic rings. The number of carbonyl (C=O) groups excluding carboxylic acids is 1. The zero-order chi connectivity index (χ0) is 18.1. The highest BCUT2D eigenvalue weighted by molar-refractivity contribution is 5.91. The number of nitrogens with one attached hydrogen (secondary N) is 2. The van der Waals surface area contributed by atoms with Gasteiger partial charge in [0, 0.05) is 23.7 Å². The third kappa shape index (κ3) is 3.07. The number of amides is 1. The van der Waals surface area contributed by atoms with Gasteiger partial charge in [-0.1, -0.05) is 31.2 Å². The lowest BCUT2D eigenvalue weighted by atomic mass is 9.77. The van der Waals surface area contributed by atoms with E-state index in [1.165, 1.54) is 11.1 Å². The van der Waals surface area contributed by atoms with Gasteiger partial charge in [-0.15, -0.1) is 0 Å². The van der Waals surface area contributed by atoms with E-state index in [0.717, 1.165) is 24.2 Å². The van der Waals surface area contributed by atoms with Crippen LogP contribution in [0.15, 0.2) is 54.6 Å². The molecule has 0 aromatic heterocycles. The fourth-order valence-corrected chi connectivity index (χ4v) is 4.13. The Balaban J connectivity index is 1.64. The maximum atomic E-state index is 11.9. The van der Waals surface area contributed by atoms with Gasteiger partial charge in [-0.05, 0) is 60.2 Å². The van der Waals surface area contributed by atoms with E-state index in [1.807, 2.05) is 25.1 Å². The molecule has 3 atom stereocenters. The Kier molecular flexibility index (Phi) is 4.41. The third-order valence-electron chi connectivity index (χ3n) is 5.38. The summed E-state index contributed by atoms with van der Waals surface area (Å²) in [7, 11) is 0. The van der Waals surface area contributed by atoms with Crippen LogP contribution in [0.3, 0.4) is 0 Å². The molecule has 2 aliphatic rings. The number of hydrogen-bond acceptors (Lipinski definition) is 3. The van der Waals surface area contributed by atoms with Crippen molar-refractivity contribution < 1.29 is 9.90 Å². The largest absolute Gasteiger partial charge is 0.508 e. The third-order valence-corrected chi connectivity index (χ3v) is 5.38. The lowest BCUT2D eigenvalue weighted by Gasteiger charge is -2.37. The molecule has 1 aliphatic heterocycles. The number of benzene rings is 2. The Morgan fingerprint density at radius 1 is 1.23 bits per heavy atom. The van der Waals surface area contributed by atoms with E-state index >= 15 is 0 Å². The van der Waals surface area contributed by atoms with Gasteiger partial charge < -0.3 is 15.7 Å². The van der Waals surface area contributed by atoms with Crippen molar-refractivity contribution in [3.63, 3.8) is 0 Å². The van der Waals surface area contributed by atoms with Crippen LogP contribution in [0, 0.1) is 5.92 Å². The molecule has 1 amide bonds. The van der Waals surface area contributed by atoms with Crippen molar-refractivity contribution in [3.05, 3.63) is 65.7 Å². The van der Waals surface area contributed by atoms with Crippen molar-refractivity contribution in [2.24, 2.45) is 5.92 Å². The second-order valence-corrected chi connectivity index (χ2v) is 7.17. The Bertz CT molecular complexity index is 842. The monoisotopic (exact) mass is 348 g/mol. The van der Waals surface area contributed by atoms with Gasteiger partial charge in [0.1, 0.15) is 5.75 Å². The van der Waals surface area contributed by atoms with Crippen LogP contribution in [0.1, 0.15) is 49.3 Å². The van der Waals surface area contributed by atoms with Crippen LogP contribution < -0.4 is 10.6 Å². The molecule has 0 saturated heterocycles. The summed E-state index contributed by atoms with van der Waals surface area (Å²) < 4.78 is 0. The summed E-state index contributed by atoms with van der Waals surface area (Å²) in [5, 5.41) is 16.3. The van der Waals surface area contributed by atoms with E-state index < -0.39 is 0 Å². The predicted octanol–water partition coefficient (Wildman–Crippen LogP) is 4.96. The molecule has 0 spiro atoms. The van der Waals surface area contributed by atoms with Gasteiger partial charge in [0.05, 0.1) is 6.04 Å². The average molecular weight is 348 g/mol. The van der Waals surface area contributed by atoms with E-state index in [4.69, 9.17) is 0 Å². The topological polar surface area (TPSA) is 61.4 Å². The first-order valence-electron chi connectivity index (χ1n) is 9.31. The van der Waals surface area contributed by atoms with Crippen molar-refractivity contribution in [3.8, 4) is 5.75 Å². The summed E-state index contributed by atoms with van der Waals surface area (Å²) >= 11 is 0. The first kappa shape index (κ1) is 16.7. The number of anilines is 2. The minimum Gasteiger partial charge on any atom is -0.508 e. The molecule has 134 valence electrons. The molecule has 0 radical (unpaired) electrons. The zero-order valence-electron chi connectivity index (χ0n) is 14.9. The summed E-state index contributed by atoms with van der Waals surface area (Å²) in [6, 6.07) is 13.8. The summed E-state index contributed by atoms with van der Waals surface area (Å²) in [6.45, 7) is 2.01. The van der Waals surface area contributed by atoms with Crippen LogP contribution in [0.5, 0.6) is 5.75 Å². The van der Waals surface area contributed by atoms with Crippen molar-refractivity contribution in [1.82, 2.24) is 0 Å². The summed E-state index contributed by atoms with van der Waals surface area (Å²) in [4.78, 5) is 11.9.